The lowest BCUT2D eigenvalue weighted by Gasteiger charge is -2.34. The minimum Gasteiger partial charge on any atom is -0.356 e. The Morgan fingerprint density at radius 2 is 2.17 bits per heavy atom. The molecule has 5 nitrogen and oxygen atoms in total. The number of rotatable bonds is 3. The molecule has 1 aliphatic rings. The number of hydrogen-bond acceptors (Lipinski definition) is 3. The summed E-state index contributed by atoms with van der Waals surface area (Å²) in [5.41, 5.74) is 2.67. The zero-order valence-corrected chi connectivity index (χ0v) is 14.1. The predicted molar refractivity (Wildman–Crippen MR) is 90.1 cm³/mol. The molecule has 1 heterocycles. The van der Waals surface area contributed by atoms with Crippen molar-refractivity contribution < 1.29 is 9.32 Å². The van der Waals surface area contributed by atoms with E-state index in [1.54, 1.807) is 0 Å². The van der Waals surface area contributed by atoms with Crippen molar-refractivity contribution in [2.75, 3.05) is 0 Å². The zero-order chi connectivity index (χ0) is 16.4. The molecule has 1 aromatic carbocycles. The Hall–Kier alpha value is -2.04. The molecular formula is C18H25N3O2. The van der Waals surface area contributed by atoms with Crippen LogP contribution in [0.5, 0.6) is 0 Å². The van der Waals surface area contributed by atoms with Gasteiger partial charge in [-0.05, 0) is 37.3 Å². The topological polar surface area (TPSA) is 67.2 Å². The molecule has 2 aromatic rings. The minimum absolute atomic E-state index is 0.125. The van der Waals surface area contributed by atoms with Gasteiger partial charge in [-0.15, -0.1) is 0 Å². The third kappa shape index (κ3) is 3.49. The number of aryl methyl sites for hydroxylation is 1. The SMILES string of the molecule is Cc1ccc2onc(CNC(=O)NC3CCCC(C)C3C)c2c1. The number of carbonyl (C=O) groups is 1. The van der Waals surface area contributed by atoms with Crippen LogP contribution in [0, 0.1) is 18.8 Å². The molecule has 2 N–H and O–H groups in total. The van der Waals surface area contributed by atoms with Gasteiger partial charge in [0.15, 0.2) is 5.58 Å². The van der Waals surface area contributed by atoms with Gasteiger partial charge >= 0.3 is 6.03 Å². The smallest absolute Gasteiger partial charge is 0.315 e. The van der Waals surface area contributed by atoms with Crippen LogP contribution >= 0.6 is 0 Å². The maximum Gasteiger partial charge on any atom is 0.315 e. The summed E-state index contributed by atoms with van der Waals surface area (Å²) < 4.78 is 5.30. The van der Waals surface area contributed by atoms with Crippen LogP contribution in [0.4, 0.5) is 4.79 Å². The summed E-state index contributed by atoms with van der Waals surface area (Å²) in [6, 6.07) is 6.07. The summed E-state index contributed by atoms with van der Waals surface area (Å²) in [6.45, 7) is 6.89. The van der Waals surface area contributed by atoms with Crippen LogP contribution in [-0.4, -0.2) is 17.2 Å². The third-order valence-corrected chi connectivity index (χ3v) is 5.14. The quantitative estimate of drug-likeness (QED) is 0.906. The molecule has 0 saturated heterocycles. The number of nitrogens with zero attached hydrogens (tertiary/aromatic N) is 1. The summed E-state index contributed by atoms with van der Waals surface area (Å²) in [4.78, 5) is 12.2. The molecule has 0 aliphatic heterocycles. The molecule has 3 atom stereocenters. The predicted octanol–water partition coefficient (Wildman–Crippen LogP) is 3.76. The summed E-state index contributed by atoms with van der Waals surface area (Å²) in [5.74, 6) is 1.18. The van der Waals surface area contributed by atoms with E-state index in [0.29, 0.717) is 18.4 Å². The summed E-state index contributed by atoms with van der Waals surface area (Å²) in [6.07, 6.45) is 3.50. The Bertz CT molecular complexity index is 695. The van der Waals surface area contributed by atoms with Crippen LogP contribution in [0.25, 0.3) is 11.0 Å². The molecule has 3 unspecified atom stereocenters. The molecule has 1 saturated carbocycles. The van der Waals surface area contributed by atoms with Gasteiger partial charge in [-0.3, -0.25) is 0 Å². The van der Waals surface area contributed by atoms with Gasteiger partial charge in [-0.1, -0.05) is 43.5 Å². The second kappa shape index (κ2) is 6.60. The molecule has 1 aromatic heterocycles. The lowest BCUT2D eigenvalue weighted by atomic mass is 9.78. The van der Waals surface area contributed by atoms with Gasteiger partial charge in [-0.2, -0.15) is 0 Å². The van der Waals surface area contributed by atoms with Gasteiger partial charge in [0.1, 0.15) is 5.69 Å². The average Bonchev–Trinajstić information content (AvgIpc) is 2.92. The van der Waals surface area contributed by atoms with Crippen LogP contribution in [-0.2, 0) is 6.54 Å². The molecule has 0 spiro atoms. The third-order valence-electron chi connectivity index (χ3n) is 5.14. The fourth-order valence-electron chi connectivity index (χ4n) is 3.40. The largest absolute Gasteiger partial charge is 0.356 e. The standard InChI is InChI=1S/C18H25N3O2/c1-11-7-8-17-14(9-11)16(21-23-17)10-19-18(22)20-15-6-4-5-12(2)13(15)3/h7-9,12-13,15H,4-6,10H2,1-3H3,(H2,19,20,22). The number of amides is 2. The van der Waals surface area contributed by atoms with Crippen molar-refractivity contribution in [2.45, 2.75) is 52.6 Å². The Labute approximate surface area is 136 Å². The summed E-state index contributed by atoms with van der Waals surface area (Å²) in [5, 5.41) is 11.0. The van der Waals surface area contributed by atoms with Crippen molar-refractivity contribution in [2.24, 2.45) is 11.8 Å². The molecule has 0 bridgehead atoms. The normalized spacial score (nSPS) is 24.6. The van der Waals surface area contributed by atoms with Crippen LogP contribution in [0.2, 0.25) is 0 Å². The molecule has 3 rings (SSSR count). The van der Waals surface area contributed by atoms with E-state index >= 15 is 0 Å². The number of carbonyl (C=O) groups excluding carboxylic acids is 1. The van der Waals surface area contributed by atoms with Gasteiger partial charge in [0.25, 0.3) is 0 Å². The van der Waals surface area contributed by atoms with Gasteiger partial charge in [0.2, 0.25) is 0 Å². The molecule has 1 fully saturated rings. The van der Waals surface area contributed by atoms with Crippen molar-refractivity contribution >= 4 is 17.0 Å². The van der Waals surface area contributed by atoms with Gasteiger partial charge in [0, 0.05) is 11.4 Å². The Morgan fingerprint density at radius 1 is 1.35 bits per heavy atom. The maximum absolute atomic E-state index is 12.2. The Morgan fingerprint density at radius 3 is 3.00 bits per heavy atom. The fraction of sp³-hybridized carbons (Fsp3) is 0.556. The van der Waals surface area contributed by atoms with Crippen molar-refractivity contribution in [3.8, 4) is 0 Å². The van der Waals surface area contributed by atoms with Crippen LogP contribution in [0.15, 0.2) is 22.7 Å². The Balaban J connectivity index is 1.59. The number of fused-ring (bicyclic) bond motifs is 1. The minimum atomic E-state index is -0.125. The van der Waals surface area contributed by atoms with Crippen LogP contribution in [0.3, 0.4) is 0 Å². The van der Waals surface area contributed by atoms with E-state index in [2.05, 4.69) is 29.6 Å². The van der Waals surface area contributed by atoms with E-state index in [1.165, 1.54) is 12.8 Å². The molecular weight excluding hydrogens is 290 g/mol. The molecule has 5 heteroatoms. The van der Waals surface area contributed by atoms with Crippen LogP contribution < -0.4 is 10.6 Å². The van der Waals surface area contributed by atoms with E-state index < -0.39 is 0 Å². The lowest BCUT2D eigenvalue weighted by Crippen LogP contribution is -2.47. The monoisotopic (exact) mass is 315 g/mol. The molecule has 1 aliphatic carbocycles. The highest BCUT2D eigenvalue weighted by Crippen LogP contribution is 2.29. The van der Waals surface area contributed by atoms with Crippen molar-refractivity contribution in [3.05, 3.63) is 29.5 Å². The van der Waals surface area contributed by atoms with Gasteiger partial charge in [0.05, 0.1) is 6.54 Å². The van der Waals surface area contributed by atoms with E-state index in [4.69, 9.17) is 4.52 Å². The van der Waals surface area contributed by atoms with E-state index in [-0.39, 0.29) is 12.1 Å². The second-order valence-corrected chi connectivity index (χ2v) is 6.83. The van der Waals surface area contributed by atoms with Crippen molar-refractivity contribution in [1.29, 1.82) is 0 Å². The first-order valence-electron chi connectivity index (χ1n) is 8.44. The van der Waals surface area contributed by atoms with E-state index in [9.17, 15) is 4.79 Å². The van der Waals surface area contributed by atoms with E-state index in [0.717, 1.165) is 28.6 Å². The number of benzene rings is 1. The first kappa shape index (κ1) is 15.8. The van der Waals surface area contributed by atoms with Crippen LogP contribution in [0.1, 0.15) is 44.4 Å². The summed E-state index contributed by atoms with van der Waals surface area (Å²) >= 11 is 0. The summed E-state index contributed by atoms with van der Waals surface area (Å²) in [7, 11) is 0. The highest BCUT2D eigenvalue weighted by Gasteiger charge is 2.28. The molecule has 23 heavy (non-hydrogen) atoms. The first-order chi connectivity index (χ1) is 11.0. The lowest BCUT2D eigenvalue weighted by molar-refractivity contribution is 0.195. The highest BCUT2D eigenvalue weighted by molar-refractivity contribution is 5.81. The zero-order valence-electron chi connectivity index (χ0n) is 14.1. The fourth-order valence-corrected chi connectivity index (χ4v) is 3.40. The number of aromatic nitrogens is 1. The second-order valence-electron chi connectivity index (χ2n) is 6.83. The number of nitrogens with one attached hydrogen (secondary N) is 2. The van der Waals surface area contributed by atoms with E-state index in [1.807, 2.05) is 25.1 Å². The molecule has 0 radical (unpaired) electrons. The number of urea groups is 1. The number of hydrogen-bond donors (Lipinski definition) is 2. The average molecular weight is 315 g/mol. The molecule has 124 valence electrons. The van der Waals surface area contributed by atoms with Gasteiger partial charge in [-0.25, -0.2) is 4.79 Å². The highest BCUT2D eigenvalue weighted by atomic mass is 16.5. The molecule has 2 amide bonds. The van der Waals surface area contributed by atoms with Gasteiger partial charge < -0.3 is 15.2 Å². The Kier molecular flexibility index (Phi) is 4.55. The first-order valence-corrected chi connectivity index (χ1v) is 8.44. The van der Waals surface area contributed by atoms with Crippen molar-refractivity contribution in [1.82, 2.24) is 15.8 Å². The van der Waals surface area contributed by atoms with Crippen molar-refractivity contribution in [3.63, 3.8) is 0 Å². The maximum atomic E-state index is 12.2.